The van der Waals surface area contributed by atoms with Crippen LogP contribution < -0.4 is 21.3 Å². The lowest BCUT2D eigenvalue weighted by atomic mass is 10.1. The van der Waals surface area contributed by atoms with Crippen LogP contribution in [-0.2, 0) is 19.4 Å². The van der Waals surface area contributed by atoms with Crippen LogP contribution in [0.1, 0.15) is 27.2 Å². The number of nitrogens with two attached hydrogens (primary N) is 1. The van der Waals surface area contributed by atoms with E-state index in [-0.39, 0.29) is 64.9 Å². The number of sulfone groups is 1. The van der Waals surface area contributed by atoms with Crippen LogP contribution in [0.25, 0.3) is 22.3 Å². The number of nitrogens with zero attached hydrogens (tertiary/aromatic N) is 3. The fourth-order valence-corrected chi connectivity index (χ4v) is 6.91. The summed E-state index contributed by atoms with van der Waals surface area (Å²) in [5, 5.41) is 14.3. The highest BCUT2D eigenvalue weighted by molar-refractivity contribution is 7.93. The number of likely N-dealkylation sites (N-methyl/N-ethyl adjacent to an activating group) is 1. The minimum atomic E-state index is -4.43. The number of esters is 1. The summed E-state index contributed by atoms with van der Waals surface area (Å²) >= 11 is 0. The fraction of sp³-hybridized carbons (Fsp3) is 0.423. The molecule has 1 aliphatic rings. The number of benzene rings is 2. The monoisotopic (exact) mass is 588 g/mol. The number of carbonyl (C=O) groups is 1. The number of rotatable bonds is 10. The van der Waals surface area contributed by atoms with E-state index < -0.39 is 36.8 Å². The molecular weight excluding hydrogens is 556 g/mol. The highest BCUT2D eigenvalue weighted by Gasteiger charge is 2.58. The molecule has 0 bridgehead atoms. The molecule has 1 fully saturated rings. The number of aromatic nitrogens is 2. The Kier molecular flexibility index (Phi) is 8.60. The van der Waals surface area contributed by atoms with Gasteiger partial charge in [0, 0.05) is 25.7 Å². The predicted molar refractivity (Wildman–Crippen MR) is 151 cm³/mol. The van der Waals surface area contributed by atoms with E-state index in [0.717, 1.165) is 6.07 Å². The lowest BCUT2D eigenvalue weighted by Gasteiger charge is -2.43. The highest BCUT2D eigenvalue weighted by Crippen LogP contribution is 2.37. The molecule has 2 heterocycles. The third-order valence-electron chi connectivity index (χ3n) is 6.88. The van der Waals surface area contributed by atoms with Crippen molar-refractivity contribution < 1.29 is 27.6 Å². The van der Waals surface area contributed by atoms with Crippen LogP contribution in [-0.4, -0.2) is 78.4 Å². The second-order valence-electron chi connectivity index (χ2n) is 9.37. The van der Waals surface area contributed by atoms with E-state index in [1.807, 2.05) is 6.92 Å². The Hall–Kier alpha value is -4.08. The first-order chi connectivity index (χ1) is 19.5. The van der Waals surface area contributed by atoms with E-state index in [2.05, 4.69) is 15.3 Å². The Morgan fingerprint density at radius 2 is 2.00 bits per heavy atom. The smallest absolute Gasteiger partial charge is 0.344 e. The highest BCUT2D eigenvalue weighted by atomic mass is 32.2. The second kappa shape index (κ2) is 11.8. The van der Waals surface area contributed by atoms with Crippen LogP contribution in [0.3, 0.4) is 0 Å². The normalized spacial score (nSPS) is 17.8. The quantitative estimate of drug-likeness (QED) is 0.134. The summed E-state index contributed by atoms with van der Waals surface area (Å²) in [6.07, 6.45) is 0.643. The Bertz CT molecular complexity index is 1660. The Morgan fingerprint density at radius 1 is 1.24 bits per heavy atom. The number of anilines is 1. The van der Waals surface area contributed by atoms with E-state index in [1.54, 1.807) is 18.7 Å². The minimum Gasteiger partial charge on any atom is -0.493 e. The lowest BCUT2D eigenvalue weighted by Crippen LogP contribution is -2.69. The molecule has 14 nitrogen and oxygen atoms in total. The van der Waals surface area contributed by atoms with Crippen LogP contribution in [0.15, 0.2) is 40.0 Å². The number of H-pyrrole nitrogens is 1. The molecule has 1 aromatic heterocycles. The van der Waals surface area contributed by atoms with Gasteiger partial charge in [-0.05, 0) is 44.2 Å². The molecule has 3 aromatic rings. The molecular formula is C26H32N6O8S. The van der Waals surface area contributed by atoms with Crippen molar-refractivity contribution in [3.05, 3.63) is 50.8 Å². The first-order valence-electron chi connectivity index (χ1n) is 13.1. The van der Waals surface area contributed by atoms with E-state index in [1.165, 1.54) is 24.3 Å². The van der Waals surface area contributed by atoms with Crippen LogP contribution in [0.5, 0.6) is 5.75 Å². The zero-order valence-electron chi connectivity index (χ0n) is 22.9. The molecule has 41 heavy (non-hydrogen) atoms. The minimum absolute atomic E-state index is 0.00770. The van der Waals surface area contributed by atoms with Gasteiger partial charge in [0.05, 0.1) is 39.5 Å². The molecule has 15 heteroatoms. The van der Waals surface area contributed by atoms with Gasteiger partial charge >= 0.3 is 5.97 Å². The van der Waals surface area contributed by atoms with Crippen molar-refractivity contribution >= 4 is 38.1 Å². The number of nitro groups is 1. The Balaban J connectivity index is 1.95. The maximum Gasteiger partial charge on any atom is 0.344 e. The number of nitrogen functional groups attached to an aromatic ring is 1. The summed E-state index contributed by atoms with van der Waals surface area (Å²) in [7, 11) is -4.43. The summed E-state index contributed by atoms with van der Waals surface area (Å²) in [6.45, 7) is 6.42. The number of carbonyl (C=O) groups excluding carboxylic acids is 1. The van der Waals surface area contributed by atoms with Crippen molar-refractivity contribution in [1.29, 1.82) is 0 Å². The molecule has 0 radical (unpaired) electrons. The van der Waals surface area contributed by atoms with Crippen LogP contribution in [0.2, 0.25) is 0 Å². The number of hydrogen-bond donors (Lipinski definition) is 3. The third-order valence-corrected chi connectivity index (χ3v) is 9.22. The molecule has 0 spiro atoms. The van der Waals surface area contributed by atoms with Crippen molar-refractivity contribution in [2.45, 2.75) is 37.0 Å². The molecule has 4 rings (SSSR count). The van der Waals surface area contributed by atoms with Gasteiger partial charge in [-0.25, -0.2) is 18.2 Å². The molecule has 1 unspecified atom stereocenters. The maximum atomic E-state index is 14.3. The molecule has 0 amide bonds. The molecule has 1 aliphatic heterocycles. The van der Waals surface area contributed by atoms with Gasteiger partial charge in [-0.2, -0.15) is 0 Å². The van der Waals surface area contributed by atoms with Gasteiger partial charge in [-0.3, -0.25) is 19.8 Å². The summed E-state index contributed by atoms with van der Waals surface area (Å²) in [6, 6.07) is 6.32. The maximum absolute atomic E-state index is 14.3. The summed E-state index contributed by atoms with van der Waals surface area (Å²) in [5.41, 5.74) is 4.71. The van der Waals surface area contributed by atoms with Crippen molar-refractivity contribution in [3.8, 4) is 17.1 Å². The first-order valence-corrected chi connectivity index (χ1v) is 14.6. The number of nitrogens with one attached hydrogen (secondary N) is 2. The lowest BCUT2D eigenvalue weighted by molar-refractivity contribution is -0.383. The van der Waals surface area contributed by atoms with E-state index >= 15 is 0 Å². The van der Waals surface area contributed by atoms with Gasteiger partial charge < -0.3 is 25.5 Å². The van der Waals surface area contributed by atoms with E-state index in [4.69, 9.17) is 15.2 Å². The first kappa shape index (κ1) is 29.9. The molecule has 0 aliphatic carbocycles. The van der Waals surface area contributed by atoms with Crippen LogP contribution >= 0.6 is 0 Å². The summed E-state index contributed by atoms with van der Waals surface area (Å²) < 4.78 is 39.8. The number of ether oxygens (including phenoxy) is 2. The molecule has 2 aromatic carbocycles. The zero-order chi connectivity index (χ0) is 29.9. The fourth-order valence-electron chi connectivity index (χ4n) is 4.87. The number of hydrogen-bond acceptors (Lipinski definition) is 12. The van der Waals surface area contributed by atoms with Gasteiger partial charge in [0.1, 0.15) is 17.3 Å². The molecule has 1 saturated heterocycles. The summed E-state index contributed by atoms with van der Waals surface area (Å²) in [4.78, 5) is 43.3. The second-order valence-corrected chi connectivity index (χ2v) is 11.5. The van der Waals surface area contributed by atoms with Crippen molar-refractivity contribution in [1.82, 2.24) is 20.2 Å². The van der Waals surface area contributed by atoms with E-state index in [9.17, 15) is 28.1 Å². The molecule has 1 atom stereocenters. The molecule has 220 valence electrons. The Morgan fingerprint density at radius 3 is 2.66 bits per heavy atom. The van der Waals surface area contributed by atoms with Crippen molar-refractivity contribution in [2.75, 3.05) is 45.1 Å². The van der Waals surface area contributed by atoms with Crippen LogP contribution in [0.4, 0.5) is 11.4 Å². The van der Waals surface area contributed by atoms with Crippen molar-refractivity contribution in [3.63, 3.8) is 0 Å². The van der Waals surface area contributed by atoms with Gasteiger partial charge in [0.25, 0.3) is 11.2 Å². The number of nitro benzene ring substituents is 1. The standard InChI is InChI=1S/C26H32N6O8S/c1-4-11-40-22-8-7-16(41(37,38)26(25(34)39-6-3)15-28-9-10-31(26)5-2)12-18(22)23-29-20-14-19(27)21(32(35)36)13-17(20)24(33)30-23/h7-8,12-14,28H,4-6,9-11,15,27H2,1-3H3,(H,29,30,33). The number of aromatic amines is 1. The largest absolute Gasteiger partial charge is 0.493 e. The third kappa shape index (κ3) is 5.23. The van der Waals surface area contributed by atoms with Gasteiger partial charge in [-0.1, -0.05) is 13.8 Å². The van der Waals surface area contributed by atoms with Gasteiger partial charge in [-0.15, -0.1) is 0 Å². The van der Waals surface area contributed by atoms with Gasteiger partial charge in [0.15, 0.2) is 0 Å². The van der Waals surface area contributed by atoms with Gasteiger partial charge in [0.2, 0.25) is 14.7 Å². The Labute approximate surface area is 235 Å². The van der Waals surface area contributed by atoms with Crippen molar-refractivity contribution in [2.24, 2.45) is 0 Å². The topological polar surface area (TPSA) is 200 Å². The number of fused-ring (bicyclic) bond motifs is 1. The van der Waals surface area contributed by atoms with Crippen LogP contribution in [0, 0.1) is 10.1 Å². The SMILES string of the molecule is CCCOc1ccc(S(=O)(=O)C2(C(=O)OCC)CNCCN2CC)cc1-c1nc2cc(N)c([N+](=O)[O-])cc2c(=O)[nH]1. The number of piperazine rings is 1. The summed E-state index contributed by atoms with van der Waals surface area (Å²) in [5.74, 6) is -0.697. The predicted octanol–water partition coefficient (Wildman–Crippen LogP) is 1.83. The molecule has 4 N–H and O–H groups in total. The zero-order valence-corrected chi connectivity index (χ0v) is 23.7. The average Bonchev–Trinajstić information content (AvgIpc) is 2.95. The average molecular weight is 589 g/mol. The molecule has 0 saturated carbocycles. The van der Waals surface area contributed by atoms with E-state index in [0.29, 0.717) is 19.5 Å².